The standard InChI is InChI=1S/C10H12O5.CH4O/c1-2-3-15-10(14)6-4-7(11)9(13)8(12)5-6;1-2/h4-5,11-13H,2-3H2,1H3;2H,1H3. The number of carbonyl (C=O) groups excluding carboxylic acids is 1. The number of phenolic OH excluding ortho intramolecular Hbond substituents is 3. The second-order valence-corrected chi connectivity index (χ2v) is 3.00. The highest BCUT2D eigenvalue weighted by Crippen LogP contribution is 2.35. The van der Waals surface area contributed by atoms with Crippen LogP contribution in [0.3, 0.4) is 0 Å². The van der Waals surface area contributed by atoms with E-state index in [2.05, 4.69) is 0 Å². The minimum absolute atomic E-state index is 0.00347. The Morgan fingerprint density at radius 1 is 1.18 bits per heavy atom. The van der Waals surface area contributed by atoms with Crippen LogP contribution in [0.2, 0.25) is 0 Å². The lowest BCUT2D eigenvalue weighted by Gasteiger charge is -2.05. The van der Waals surface area contributed by atoms with Crippen molar-refractivity contribution in [2.45, 2.75) is 13.3 Å². The lowest BCUT2D eigenvalue weighted by Crippen LogP contribution is -2.05. The van der Waals surface area contributed by atoms with Crippen molar-refractivity contribution in [3.63, 3.8) is 0 Å². The third-order valence-corrected chi connectivity index (χ3v) is 1.74. The molecule has 0 saturated carbocycles. The van der Waals surface area contributed by atoms with E-state index < -0.39 is 23.2 Å². The van der Waals surface area contributed by atoms with Gasteiger partial charge in [-0.25, -0.2) is 4.79 Å². The number of phenols is 3. The van der Waals surface area contributed by atoms with Crippen LogP contribution in [0.25, 0.3) is 0 Å². The molecule has 0 atom stereocenters. The van der Waals surface area contributed by atoms with Crippen molar-refractivity contribution >= 4 is 5.97 Å². The lowest BCUT2D eigenvalue weighted by molar-refractivity contribution is 0.0504. The Hall–Kier alpha value is -1.95. The van der Waals surface area contributed by atoms with Gasteiger partial charge in [-0.3, -0.25) is 0 Å². The number of ether oxygens (including phenoxy) is 1. The lowest BCUT2D eigenvalue weighted by atomic mass is 10.2. The molecule has 0 fully saturated rings. The van der Waals surface area contributed by atoms with Gasteiger partial charge < -0.3 is 25.2 Å². The van der Waals surface area contributed by atoms with Crippen LogP contribution >= 0.6 is 0 Å². The van der Waals surface area contributed by atoms with Gasteiger partial charge in [0.05, 0.1) is 12.2 Å². The van der Waals surface area contributed by atoms with Gasteiger partial charge in [-0.2, -0.15) is 0 Å². The number of aromatic hydroxyl groups is 3. The van der Waals surface area contributed by atoms with E-state index in [4.69, 9.17) is 25.2 Å². The number of benzene rings is 1. The first-order chi connectivity index (χ1) is 8.06. The third kappa shape index (κ3) is 4.20. The highest BCUT2D eigenvalue weighted by atomic mass is 16.5. The molecule has 4 N–H and O–H groups in total. The van der Waals surface area contributed by atoms with Gasteiger partial charge in [0.2, 0.25) is 0 Å². The van der Waals surface area contributed by atoms with E-state index >= 15 is 0 Å². The molecule has 6 heteroatoms. The Morgan fingerprint density at radius 2 is 1.65 bits per heavy atom. The van der Waals surface area contributed by atoms with Gasteiger partial charge in [-0.1, -0.05) is 6.92 Å². The maximum absolute atomic E-state index is 11.3. The summed E-state index contributed by atoms with van der Waals surface area (Å²) in [6, 6.07) is 2.07. The highest BCUT2D eigenvalue weighted by Gasteiger charge is 2.13. The molecule has 0 aliphatic heterocycles. The van der Waals surface area contributed by atoms with Crippen molar-refractivity contribution < 1.29 is 30.0 Å². The van der Waals surface area contributed by atoms with Gasteiger partial charge in [-0.05, 0) is 18.6 Å². The summed E-state index contributed by atoms with van der Waals surface area (Å²) in [6.07, 6.45) is 0.682. The fraction of sp³-hybridized carbons (Fsp3) is 0.364. The van der Waals surface area contributed by atoms with Gasteiger partial charge in [0.1, 0.15) is 0 Å². The van der Waals surface area contributed by atoms with Gasteiger partial charge in [0.15, 0.2) is 17.2 Å². The number of hydrogen-bond acceptors (Lipinski definition) is 6. The zero-order chi connectivity index (χ0) is 13.4. The first-order valence-corrected chi connectivity index (χ1v) is 4.93. The summed E-state index contributed by atoms with van der Waals surface area (Å²) in [5.74, 6) is -2.42. The average Bonchev–Trinajstić information content (AvgIpc) is 2.34. The van der Waals surface area contributed by atoms with Gasteiger partial charge in [0, 0.05) is 7.11 Å². The van der Waals surface area contributed by atoms with Gasteiger partial charge >= 0.3 is 5.97 Å². The minimum Gasteiger partial charge on any atom is -0.504 e. The van der Waals surface area contributed by atoms with E-state index in [9.17, 15) is 4.79 Å². The third-order valence-electron chi connectivity index (χ3n) is 1.74. The molecule has 0 saturated heterocycles. The molecule has 1 rings (SSSR count). The summed E-state index contributed by atoms with van der Waals surface area (Å²) in [4.78, 5) is 11.3. The van der Waals surface area contributed by atoms with Crippen LogP contribution < -0.4 is 0 Å². The number of rotatable bonds is 3. The van der Waals surface area contributed by atoms with E-state index in [0.717, 1.165) is 19.2 Å². The zero-order valence-corrected chi connectivity index (χ0v) is 9.67. The van der Waals surface area contributed by atoms with Crippen LogP contribution in [-0.2, 0) is 4.74 Å². The Labute approximate surface area is 98.7 Å². The van der Waals surface area contributed by atoms with Crippen molar-refractivity contribution in [1.82, 2.24) is 0 Å². The number of aliphatic hydroxyl groups is 1. The summed E-state index contributed by atoms with van der Waals surface area (Å²) < 4.78 is 4.78. The van der Waals surface area contributed by atoms with Crippen molar-refractivity contribution in [3.05, 3.63) is 17.7 Å². The first-order valence-electron chi connectivity index (χ1n) is 4.93. The van der Waals surface area contributed by atoms with E-state index in [1.54, 1.807) is 0 Å². The molecule has 1 aromatic rings. The van der Waals surface area contributed by atoms with Gasteiger partial charge in [0.25, 0.3) is 0 Å². The Kier molecular flexibility index (Phi) is 6.50. The number of carbonyl (C=O) groups is 1. The summed E-state index contributed by atoms with van der Waals surface area (Å²) in [5, 5.41) is 34.3. The van der Waals surface area contributed by atoms with Crippen molar-refractivity contribution in [2.24, 2.45) is 0 Å². The van der Waals surface area contributed by atoms with Crippen LogP contribution in [0.1, 0.15) is 23.7 Å². The smallest absolute Gasteiger partial charge is 0.338 e. The summed E-state index contributed by atoms with van der Waals surface area (Å²) in [6.45, 7) is 2.11. The zero-order valence-electron chi connectivity index (χ0n) is 9.67. The first kappa shape index (κ1) is 15.0. The van der Waals surface area contributed by atoms with E-state index in [1.165, 1.54) is 0 Å². The van der Waals surface area contributed by atoms with Crippen LogP contribution in [0.5, 0.6) is 17.2 Å². The summed E-state index contributed by atoms with van der Waals surface area (Å²) in [7, 11) is 1.00. The van der Waals surface area contributed by atoms with Crippen LogP contribution in [0.4, 0.5) is 0 Å². The molecule has 0 aliphatic carbocycles. The molecule has 1 aromatic carbocycles. The molecule has 0 amide bonds. The van der Waals surface area contributed by atoms with Crippen LogP contribution in [0.15, 0.2) is 12.1 Å². The van der Waals surface area contributed by atoms with Gasteiger partial charge in [-0.15, -0.1) is 0 Å². The van der Waals surface area contributed by atoms with Crippen molar-refractivity contribution in [3.8, 4) is 17.2 Å². The molecule has 0 spiro atoms. The molecule has 0 bridgehead atoms. The van der Waals surface area contributed by atoms with Crippen molar-refractivity contribution in [2.75, 3.05) is 13.7 Å². The summed E-state index contributed by atoms with van der Waals surface area (Å²) in [5.41, 5.74) is -0.00347. The summed E-state index contributed by atoms with van der Waals surface area (Å²) >= 11 is 0. The molecular formula is C11H16O6. The molecule has 0 unspecified atom stereocenters. The van der Waals surface area contributed by atoms with Crippen LogP contribution in [0, 0.1) is 0 Å². The Balaban J connectivity index is 0.00000121. The molecule has 0 aliphatic rings. The van der Waals surface area contributed by atoms with Crippen LogP contribution in [-0.4, -0.2) is 40.1 Å². The van der Waals surface area contributed by atoms with E-state index in [-0.39, 0.29) is 12.2 Å². The second kappa shape index (κ2) is 7.34. The minimum atomic E-state index is -0.651. The SMILES string of the molecule is CCCOC(=O)c1cc(O)c(O)c(O)c1.CO. The molecule has 6 nitrogen and oxygen atoms in total. The maximum atomic E-state index is 11.3. The maximum Gasteiger partial charge on any atom is 0.338 e. The molecule has 17 heavy (non-hydrogen) atoms. The number of esters is 1. The largest absolute Gasteiger partial charge is 0.504 e. The predicted octanol–water partition coefficient (Wildman–Crippen LogP) is 0.979. The number of hydrogen-bond donors (Lipinski definition) is 4. The number of aliphatic hydroxyl groups excluding tert-OH is 1. The Bertz CT molecular complexity index is 351. The monoisotopic (exact) mass is 244 g/mol. The highest BCUT2D eigenvalue weighted by molar-refractivity contribution is 5.91. The van der Waals surface area contributed by atoms with Crippen molar-refractivity contribution in [1.29, 1.82) is 0 Å². The molecule has 0 heterocycles. The molecular weight excluding hydrogens is 228 g/mol. The quantitative estimate of drug-likeness (QED) is 0.466. The fourth-order valence-electron chi connectivity index (χ4n) is 1.00. The predicted molar refractivity (Wildman–Crippen MR) is 60.2 cm³/mol. The molecule has 96 valence electrons. The fourth-order valence-corrected chi connectivity index (χ4v) is 1.00. The molecule has 0 radical (unpaired) electrons. The average molecular weight is 244 g/mol. The van der Waals surface area contributed by atoms with E-state index in [0.29, 0.717) is 6.42 Å². The second-order valence-electron chi connectivity index (χ2n) is 3.00. The Morgan fingerprint density at radius 3 is 2.06 bits per heavy atom. The molecule has 0 aromatic heterocycles. The van der Waals surface area contributed by atoms with E-state index in [1.807, 2.05) is 6.92 Å². The topological polar surface area (TPSA) is 107 Å². The normalized spacial score (nSPS) is 9.12.